The van der Waals surface area contributed by atoms with E-state index >= 15 is 0 Å². The lowest BCUT2D eigenvalue weighted by atomic mass is 10.2. The van der Waals surface area contributed by atoms with Crippen LogP contribution >= 0.6 is 15.9 Å². The highest BCUT2D eigenvalue weighted by molar-refractivity contribution is 9.10. The van der Waals surface area contributed by atoms with Crippen LogP contribution in [0.3, 0.4) is 0 Å². The monoisotopic (exact) mass is 411 g/mol. The molecule has 0 saturated carbocycles. The highest BCUT2D eigenvalue weighted by Crippen LogP contribution is 2.15. The molecule has 0 radical (unpaired) electrons. The minimum Gasteiger partial charge on any atom is -0.443 e. The molecule has 0 aliphatic heterocycles. The van der Waals surface area contributed by atoms with Gasteiger partial charge in [0, 0.05) is 4.47 Å². The fourth-order valence-electron chi connectivity index (χ4n) is 1.73. The van der Waals surface area contributed by atoms with E-state index in [2.05, 4.69) is 15.9 Å². The van der Waals surface area contributed by atoms with E-state index in [1.807, 2.05) is 30.3 Å². The molecule has 138 valence electrons. The minimum absolute atomic E-state index is 0.0554. The Balaban J connectivity index is 2.88. The molecule has 0 saturated heterocycles. The molecule has 6 heteroatoms. The largest absolute Gasteiger partial charge is 0.443 e. The van der Waals surface area contributed by atoms with Crippen molar-refractivity contribution in [1.29, 1.82) is 0 Å². The molecule has 0 aromatic heterocycles. The summed E-state index contributed by atoms with van der Waals surface area (Å²) in [6, 6.07) is 7.68. The molecule has 0 N–H and O–H groups in total. The third-order valence-electron chi connectivity index (χ3n) is 2.70. The summed E-state index contributed by atoms with van der Waals surface area (Å²) in [7, 11) is 0. The topological polar surface area (TPSA) is 55.8 Å². The lowest BCUT2D eigenvalue weighted by Gasteiger charge is -2.28. The first-order valence-corrected chi connectivity index (χ1v) is 8.82. The maximum absolute atomic E-state index is 12.3. The van der Waals surface area contributed by atoms with Crippen molar-refractivity contribution >= 4 is 34.2 Å². The Labute approximate surface area is 158 Å². The maximum atomic E-state index is 12.3. The standard InChI is InChI=1S/C19H26BrNO4/c1-18(2,3)24-16(22)21(17(23)25-19(4,5)6)13-7-8-14-9-11-15(20)12-10-14/h7-12H,13H2,1-6H3/b8-7+. The highest BCUT2D eigenvalue weighted by atomic mass is 79.9. The van der Waals surface area contributed by atoms with E-state index in [0.717, 1.165) is 14.9 Å². The Morgan fingerprint density at radius 1 is 0.960 bits per heavy atom. The van der Waals surface area contributed by atoms with Gasteiger partial charge in [0.05, 0.1) is 6.54 Å². The molecular weight excluding hydrogens is 386 g/mol. The van der Waals surface area contributed by atoms with Crippen molar-refractivity contribution in [2.75, 3.05) is 6.54 Å². The van der Waals surface area contributed by atoms with Crippen LogP contribution in [0.4, 0.5) is 9.59 Å². The summed E-state index contributed by atoms with van der Waals surface area (Å²) in [6.07, 6.45) is 2.08. The Morgan fingerprint density at radius 2 is 1.40 bits per heavy atom. The van der Waals surface area contributed by atoms with E-state index in [4.69, 9.17) is 9.47 Å². The van der Waals surface area contributed by atoms with Crippen LogP contribution in [0.25, 0.3) is 6.08 Å². The SMILES string of the molecule is CC(C)(C)OC(=O)N(C/C=C/c1ccc(Br)cc1)C(=O)OC(C)(C)C. The van der Waals surface area contributed by atoms with Crippen molar-refractivity contribution < 1.29 is 19.1 Å². The maximum Gasteiger partial charge on any atom is 0.420 e. The lowest BCUT2D eigenvalue weighted by molar-refractivity contribution is 0.00377. The molecule has 25 heavy (non-hydrogen) atoms. The smallest absolute Gasteiger partial charge is 0.420 e. The molecule has 0 bridgehead atoms. The predicted octanol–water partition coefficient (Wildman–Crippen LogP) is 5.63. The molecule has 1 rings (SSSR count). The summed E-state index contributed by atoms with van der Waals surface area (Å²) >= 11 is 3.38. The Bertz CT molecular complexity index is 596. The van der Waals surface area contributed by atoms with Gasteiger partial charge in [0.25, 0.3) is 0 Å². The molecule has 0 atom stereocenters. The number of rotatable bonds is 3. The fraction of sp³-hybridized carbons (Fsp3) is 0.474. The zero-order valence-corrected chi connectivity index (χ0v) is 17.2. The van der Waals surface area contributed by atoms with Gasteiger partial charge in [-0.1, -0.05) is 40.2 Å². The molecule has 1 aromatic rings. The molecule has 5 nitrogen and oxygen atoms in total. The summed E-state index contributed by atoms with van der Waals surface area (Å²) in [5, 5.41) is 0. The summed E-state index contributed by atoms with van der Waals surface area (Å²) in [4.78, 5) is 25.6. The second-order valence-corrected chi connectivity index (χ2v) is 8.44. The number of nitrogens with zero attached hydrogens (tertiary/aromatic N) is 1. The van der Waals surface area contributed by atoms with Gasteiger partial charge in [0.15, 0.2) is 0 Å². The number of carbonyl (C=O) groups is 2. The van der Waals surface area contributed by atoms with Crippen LogP contribution in [-0.2, 0) is 9.47 Å². The van der Waals surface area contributed by atoms with E-state index < -0.39 is 23.4 Å². The predicted molar refractivity (Wildman–Crippen MR) is 102 cm³/mol. The highest BCUT2D eigenvalue weighted by Gasteiger charge is 2.30. The molecule has 2 amide bonds. The number of hydrogen-bond acceptors (Lipinski definition) is 4. The first-order chi connectivity index (χ1) is 11.4. The third kappa shape index (κ3) is 8.72. The third-order valence-corrected chi connectivity index (χ3v) is 3.22. The van der Waals surface area contributed by atoms with E-state index in [-0.39, 0.29) is 6.54 Å². The molecule has 0 aliphatic carbocycles. The van der Waals surface area contributed by atoms with Gasteiger partial charge in [-0.25, -0.2) is 14.5 Å². The van der Waals surface area contributed by atoms with Crippen molar-refractivity contribution in [2.24, 2.45) is 0 Å². The van der Waals surface area contributed by atoms with Crippen LogP contribution in [0, 0.1) is 0 Å². The minimum atomic E-state index is -0.734. The van der Waals surface area contributed by atoms with Gasteiger partial charge in [-0.2, -0.15) is 0 Å². The number of carbonyl (C=O) groups excluding carboxylic acids is 2. The zero-order valence-electron chi connectivity index (χ0n) is 15.6. The van der Waals surface area contributed by atoms with Gasteiger partial charge >= 0.3 is 12.2 Å². The Hall–Kier alpha value is -1.82. The van der Waals surface area contributed by atoms with Gasteiger partial charge in [-0.15, -0.1) is 0 Å². The number of benzene rings is 1. The first kappa shape index (κ1) is 21.2. The number of halogens is 1. The second kappa shape index (κ2) is 8.52. The van der Waals surface area contributed by atoms with Crippen LogP contribution in [0.5, 0.6) is 0 Å². The Kier molecular flexibility index (Phi) is 7.23. The zero-order chi connectivity index (χ0) is 19.3. The van der Waals surface area contributed by atoms with Crippen LogP contribution in [0.15, 0.2) is 34.8 Å². The van der Waals surface area contributed by atoms with Gasteiger partial charge in [-0.3, -0.25) is 0 Å². The lowest BCUT2D eigenvalue weighted by Crippen LogP contribution is -2.43. The van der Waals surface area contributed by atoms with Gasteiger partial charge in [-0.05, 0) is 59.2 Å². The van der Waals surface area contributed by atoms with Crippen molar-refractivity contribution in [3.63, 3.8) is 0 Å². The first-order valence-electron chi connectivity index (χ1n) is 8.03. The number of amides is 2. The van der Waals surface area contributed by atoms with Crippen LogP contribution < -0.4 is 0 Å². The van der Waals surface area contributed by atoms with Crippen LogP contribution in [0.1, 0.15) is 47.1 Å². The quantitative estimate of drug-likeness (QED) is 0.645. The van der Waals surface area contributed by atoms with Crippen molar-refractivity contribution in [3.05, 3.63) is 40.4 Å². The van der Waals surface area contributed by atoms with Crippen molar-refractivity contribution in [3.8, 4) is 0 Å². The van der Waals surface area contributed by atoms with E-state index in [1.165, 1.54) is 0 Å². The van der Waals surface area contributed by atoms with Gasteiger partial charge in [0.1, 0.15) is 11.2 Å². The van der Waals surface area contributed by atoms with Crippen LogP contribution in [0.2, 0.25) is 0 Å². The van der Waals surface area contributed by atoms with E-state index in [0.29, 0.717) is 0 Å². The van der Waals surface area contributed by atoms with Gasteiger partial charge in [0.2, 0.25) is 0 Å². The summed E-state index contributed by atoms with van der Waals surface area (Å²) in [6.45, 7) is 10.5. The normalized spacial score (nSPS) is 12.1. The van der Waals surface area contributed by atoms with Gasteiger partial charge < -0.3 is 9.47 Å². The fourth-order valence-corrected chi connectivity index (χ4v) is 1.99. The van der Waals surface area contributed by atoms with E-state index in [1.54, 1.807) is 47.6 Å². The summed E-state index contributed by atoms with van der Waals surface area (Å²) in [5.74, 6) is 0. The van der Waals surface area contributed by atoms with Crippen LogP contribution in [-0.4, -0.2) is 34.8 Å². The van der Waals surface area contributed by atoms with Crippen molar-refractivity contribution in [1.82, 2.24) is 4.90 Å². The average molecular weight is 412 g/mol. The molecule has 1 aromatic carbocycles. The summed E-state index contributed by atoms with van der Waals surface area (Å²) in [5.41, 5.74) is -0.448. The van der Waals surface area contributed by atoms with E-state index in [9.17, 15) is 9.59 Å². The molecule has 0 fully saturated rings. The Morgan fingerprint density at radius 3 is 1.80 bits per heavy atom. The number of imide groups is 1. The number of hydrogen-bond donors (Lipinski definition) is 0. The molecular formula is C19H26BrNO4. The summed E-state index contributed by atoms with van der Waals surface area (Å²) < 4.78 is 11.6. The molecule has 0 unspecified atom stereocenters. The average Bonchev–Trinajstić information content (AvgIpc) is 2.41. The number of ether oxygens (including phenoxy) is 2. The molecule has 0 heterocycles. The second-order valence-electron chi connectivity index (χ2n) is 7.53. The molecule has 0 aliphatic rings. The van der Waals surface area contributed by atoms with Crippen molar-refractivity contribution in [2.45, 2.75) is 52.7 Å². The molecule has 0 spiro atoms.